The van der Waals surface area contributed by atoms with Crippen molar-refractivity contribution < 1.29 is 9.47 Å². The summed E-state index contributed by atoms with van der Waals surface area (Å²) in [7, 11) is 1.67. The van der Waals surface area contributed by atoms with Gasteiger partial charge in [0.1, 0.15) is 17.6 Å². The number of hydrogen-bond acceptors (Lipinski definition) is 4. The van der Waals surface area contributed by atoms with Gasteiger partial charge in [-0.05, 0) is 37.2 Å². The SMILES string of the molecule is COc1ccc2nccc(O[C@H]3CCNC3)c2c1.Cl. The normalized spacial score (nSPS) is 18.1. The molecule has 2 aromatic rings. The summed E-state index contributed by atoms with van der Waals surface area (Å²) < 4.78 is 11.3. The van der Waals surface area contributed by atoms with Gasteiger partial charge in [0, 0.05) is 18.1 Å². The summed E-state index contributed by atoms with van der Waals surface area (Å²) in [5, 5.41) is 4.30. The molecule has 1 atom stereocenters. The van der Waals surface area contributed by atoms with Crippen molar-refractivity contribution >= 4 is 23.3 Å². The predicted molar refractivity (Wildman–Crippen MR) is 77.4 cm³/mol. The second kappa shape index (κ2) is 6.08. The zero-order valence-corrected chi connectivity index (χ0v) is 11.6. The number of hydrogen-bond donors (Lipinski definition) is 1. The number of fused-ring (bicyclic) bond motifs is 1. The van der Waals surface area contributed by atoms with Gasteiger partial charge >= 0.3 is 0 Å². The smallest absolute Gasteiger partial charge is 0.130 e. The van der Waals surface area contributed by atoms with Gasteiger partial charge < -0.3 is 14.8 Å². The van der Waals surface area contributed by atoms with Gasteiger partial charge in [0.15, 0.2) is 0 Å². The molecule has 0 bridgehead atoms. The lowest BCUT2D eigenvalue weighted by Crippen LogP contribution is -2.19. The van der Waals surface area contributed by atoms with E-state index in [0.717, 1.165) is 41.9 Å². The second-order valence-corrected chi connectivity index (χ2v) is 4.42. The highest BCUT2D eigenvalue weighted by atomic mass is 35.5. The molecule has 0 saturated carbocycles. The molecule has 0 amide bonds. The number of aromatic nitrogens is 1. The van der Waals surface area contributed by atoms with E-state index in [9.17, 15) is 0 Å². The molecule has 0 aliphatic carbocycles. The largest absolute Gasteiger partial charge is 0.497 e. The summed E-state index contributed by atoms with van der Waals surface area (Å²) in [6.45, 7) is 1.94. The minimum absolute atomic E-state index is 0. The molecule has 19 heavy (non-hydrogen) atoms. The number of nitrogens with one attached hydrogen (secondary N) is 1. The standard InChI is InChI=1S/C14H16N2O2.ClH/c1-17-10-2-3-13-12(8-10)14(5-7-16-13)18-11-4-6-15-9-11;/h2-3,5,7-8,11,15H,4,6,9H2,1H3;1H/t11-;/m0./s1. The van der Waals surface area contributed by atoms with Crippen LogP contribution in [0.1, 0.15) is 6.42 Å². The zero-order valence-electron chi connectivity index (χ0n) is 10.8. The van der Waals surface area contributed by atoms with E-state index in [0.29, 0.717) is 0 Å². The van der Waals surface area contributed by atoms with Gasteiger partial charge in [-0.2, -0.15) is 0 Å². The lowest BCUT2D eigenvalue weighted by Gasteiger charge is -2.14. The van der Waals surface area contributed by atoms with Crippen LogP contribution in [0.25, 0.3) is 10.9 Å². The first-order chi connectivity index (χ1) is 8.86. The molecular formula is C14H17ClN2O2. The molecule has 1 aromatic carbocycles. The molecule has 1 aliphatic heterocycles. The fourth-order valence-corrected chi connectivity index (χ4v) is 2.24. The van der Waals surface area contributed by atoms with Crippen LogP contribution in [0.4, 0.5) is 0 Å². The van der Waals surface area contributed by atoms with Crippen molar-refractivity contribution in [1.29, 1.82) is 0 Å². The molecular weight excluding hydrogens is 264 g/mol. The first kappa shape index (κ1) is 13.9. The van der Waals surface area contributed by atoms with Crippen LogP contribution < -0.4 is 14.8 Å². The molecule has 102 valence electrons. The van der Waals surface area contributed by atoms with E-state index in [1.165, 1.54) is 0 Å². The van der Waals surface area contributed by atoms with Crippen molar-refractivity contribution in [2.45, 2.75) is 12.5 Å². The van der Waals surface area contributed by atoms with Crippen LogP contribution in [0.5, 0.6) is 11.5 Å². The van der Waals surface area contributed by atoms with E-state index in [1.807, 2.05) is 24.3 Å². The van der Waals surface area contributed by atoms with Gasteiger partial charge in [-0.25, -0.2) is 0 Å². The fourth-order valence-electron chi connectivity index (χ4n) is 2.24. The maximum Gasteiger partial charge on any atom is 0.130 e. The first-order valence-electron chi connectivity index (χ1n) is 6.17. The third-order valence-corrected chi connectivity index (χ3v) is 3.22. The van der Waals surface area contributed by atoms with Crippen LogP contribution in [0, 0.1) is 0 Å². The van der Waals surface area contributed by atoms with E-state index in [2.05, 4.69) is 10.3 Å². The molecule has 1 fully saturated rings. The average Bonchev–Trinajstić information content (AvgIpc) is 2.91. The highest BCUT2D eigenvalue weighted by Gasteiger charge is 2.17. The van der Waals surface area contributed by atoms with Gasteiger partial charge in [-0.15, -0.1) is 12.4 Å². The molecule has 5 heteroatoms. The lowest BCUT2D eigenvalue weighted by atomic mass is 10.2. The number of ether oxygens (including phenoxy) is 2. The number of rotatable bonds is 3. The van der Waals surface area contributed by atoms with Crippen molar-refractivity contribution in [1.82, 2.24) is 10.3 Å². The van der Waals surface area contributed by atoms with Crippen molar-refractivity contribution in [3.8, 4) is 11.5 Å². The molecule has 1 aliphatic rings. The minimum Gasteiger partial charge on any atom is -0.497 e. The van der Waals surface area contributed by atoms with E-state index < -0.39 is 0 Å². The van der Waals surface area contributed by atoms with Crippen molar-refractivity contribution in [3.05, 3.63) is 30.5 Å². The quantitative estimate of drug-likeness (QED) is 0.938. The van der Waals surface area contributed by atoms with Crippen LogP contribution in [-0.4, -0.2) is 31.3 Å². The Labute approximate surface area is 118 Å². The Bertz CT molecular complexity index is 556. The molecule has 2 heterocycles. The van der Waals surface area contributed by atoms with E-state index >= 15 is 0 Å². The zero-order chi connectivity index (χ0) is 12.4. The van der Waals surface area contributed by atoms with Crippen LogP contribution in [0.3, 0.4) is 0 Å². The number of halogens is 1. The number of methoxy groups -OCH3 is 1. The molecule has 1 N–H and O–H groups in total. The van der Waals surface area contributed by atoms with Gasteiger partial charge in [-0.1, -0.05) is 0 Å². The van der Waals surface area contributed by atoms with Gasteiger partial charge in [0.25, 0.3) is 0 Å². The summed E-state index contributed by atoms with van der Waals surface area (Å²) in [6, 6.07) is 7.75. The maximum absolute atomic E-state index is 6.03. The third kappa shape index (κ3) is 2.91. The van der Waals surface area contributed by atoms with Crippen LogP contribution in [-0.2, 0) is 0 Å². The summed E-state index contributed by atoms with van der Waals surface area (Å²) in [6.07, 6.45) is 3.09. The molecule has 0 spiro atoms. The van der Waals surface area contributed by atoms with E-state index in [4.69, 9.17) is 9.47 Å². The minimum atomic E-state index is 0. The number of benzene rings is 1. The third-order valence-electron chi connectivity index (χ3n) is 3.22. The first-order valence-corrected chi connectivity index (χ1v) is 6.17. The Balaban J connectivity index is 0.00000133. The Morgan fingerprint density at radius 1 is 1.32 bits per heavy atom. The summed E-state index contributed by atoms with van der Waals surface area (Å²) in [5.74, 6) is 1.71. The second-order valence-electron chi connectivity index (χ2n) is 4.42. The maximum atomic E-state index is 6.03. The molecule has 3 rings (SSSR count). The Morgan fingerprint density at radius 2 is 2.21 bits per heavy atom. The van der Waals surface area contributed by atoms with Crippen molar-refractivity contribution in [2.24, 2.45) is 0 Å². The molecule has 0 radical (unpaired) electrons. The summed E-state index contributed by atoms with van der Waals surface area (Å²) in [4.78, 5) is 4.34. The summed E-state index contributed by atoms with van der Waals surface area (Å²) >= 11 is 0. The highest BCUT2D eigenvalue weighted by Crippen LogP contribution is 2.28. The molecule has 4 nitrogen and oxygen atoms in total. The number of nitrogens with zero attached hydrogens (tertiary/aromatic N) is 1. The molecule has 1 aromatic heterocycles. The van der Waals surface area contributed by atoms with Crippen molar-refractivity contribution in [3.63, 3.8) is 0 Å². The van der Waals surface area contributed by atoms with Gasteiger partial charge in [0.05, 0.1) is 12.6 Å². The van der Waals surface area contributed by atoms with E-state index in [1.54, 1.807) is 13.3 Å². The fraction of sp³-hybridized carbons (Fsp3) is 0.357. The lowest BCUT2D eigenvalue weighted by molar-refractivity contribution is 0.226. The van der Waals surface area contributed by atoms with Gasteiger partial charge in [-0.3, -0.25) is 4.98 Å². The Kier molecular flexibility index (Phi) is 4.45. The monoisotopic (exact) mass is 280 g/mol. The molecule has 1 saturated heterocycles. The Hall–Kier alpha value is -1.52. The predicted octanol–water partition coefficient (Wildman–Crippen LogP) is 2.41. The van der Waals surface area contributed by atoms with Crippen LogP contribution in [0.2, 0.25) is 0 Å². The van der Waals surface area contributed by atoms with Crippen LogP contribution in [0.15, 0.2) is 30.5 Å². The number of pyridine rings is 1. The Morgan fingerprint density at radius 3 is 2.95 bits per heavy atom. The topological polar surface area (TPSA) is 43.4 Å². The highest BCUT2D eigenvalue weighted by molar-refractivity contribution is 5.86. The molecule has 0 unspecified atom stereocenters. The van der Waals surface area contributed by atoms with Gasteiger partial charge in [0.2, 0.25) is 0 Å². The van der Waals surface area contributed by atoms with Crippen LogP contribution >= 0.6 is 12.4 Å². The van der Waals surface area contributed by atoms with Crippen molar-refractivity contribution in [2.75, 3.05) is 20.2 Å². The van der Waals surface area contributed by atoms with E-state index in [-0.39, 0.29) is 18.5 Å². The summed E-state index contributed by atoms with van der Waals surface area (Å²) in [5.41, 5.74) is 0.930. The average molecular weight is 281 g/mol.